The maximum Gasteiger partial charge on any atom is 0.412 e. The number of carboxylic acid groups (broad SMARTS) is 1. The fourth-order valence-electron chi connectivity index (χ4n) is 5.58. The van der Waals surface area contributed by atoms with Gasteiger partial charge in [-0.3, -0.25) is 19.6 Å². The van der Waals surface area contributed by atoms with Crippen LogP contribution in [-0.2, 0) is 13.0 Å². The van der Waals surface area contributed by atoms with Crippen LogP contribution in [0.4, 0.5) is 10.5 Å². The van der Waals surface area contributed by atoms with E-state index in [1.165, 1.54) is 16.0 Å². The average molecular weight is 484 g/mol. The lowest BCUT2D eigenvalue weighted by Crippen LogP contribution is -2.46. The van der Waals surface area contributed by atoms with Gasteiger partial charge in [-0.1, -0.05) is 54.1 Å². The Bertz CT molecular complexity index is 1350. The summed E-state index contributed by atoms with van der Waals surface area (Å²) in [7, 11) is 0. The molecule has 0 spiro atoms. The number of amides is 1. The van der Waals surface area contributed by atoms with Gasteiger partial charge in [0.25, 0.3) is 0 Å². The van der Waals surface area contributed by atoms with Gasteiger partial charge in [0, 0.05) is 30.6 Å². The number of Topliss-reactive ketones (excluding diaryl/α,β-unsaturated/α-hetero) is 1. The van der Waals surface area contributed by atoms with Crippen molar-refractivity contribution in [1.82, 2.24) is 9.88 Å². The lowest BCUT2D eigenvalue weighted by atomic mass is 9.82. The van der Waals surface area contributed by atoms with Crippen LogP contribution < -0.4 is 4.90 Å². The molecule has 1 N–H and O–H groups in total. The van der Waals surface area contributed by atoms with Gasteiger partial charge in [0.05, 0.1) is 22.5 Å². The van der Waals surface area contributed by atoms with Crippen LogP contribution in [0.2, 0.25) is 0 Å². The third-order valence-corrected chi connectivity index (χ3v) is 7.27. The molecule has 1 saturated heterocycles. The van der Waals surface area contributed by atoms with Crippen LogP contribution in [0.1, 0.15) is 61.6 Å². The van der Waals surface area contributed by atoms with Gasteiger partial charge in [-0.15, -0.1) is 0 Å². The van der Waals surface area contributed by atoms with E-state index in [4.69, 9.17) is 4.98 Å². The number of ketones is 1. The van der Waals surface area contributed by atoms with Gasteiger partial charge in [-0.2, -0.15) is 0 Å². The summed E-state index contributed by atoms with van der Waals surface area (Å²) < 4.78 is 0. The minimum absolute atomic E-state index is 0.0495. The SMILES string of the molecule is CC(C)(C)N(C(=O)O)c1c2c(nc3ccccc13)CCC(=C1CCN(Cc3ccccc3)CC1)C2=O. The van der Waals surface area contributed by atoms with Crippen molar-refractivity contribution in [2.45, 2.75) is 58.5 Å². The highest BCUT2D eigenvalue weighted by molar-refractivity contribution is 6.19. The smallest absolute Gasteiger partial charge is 0.412 e. The molecule has 1 aromatic heterocycles. The Morgan fingerprint density at radius 2 is 1.64 bits per heavy atom. The molecule has 5 rings (SSSR count). The quantitative estimate of drug-likeness (QED) is 0.447. The normalized spacial score (nSPS) is 16.8. The molecule has 1 aliphatic heterocycles. The van der Waals surface area contributed by atoms with Gasteiger partial charge in [-0.05, 0) is 63.7 Å². The van der Waals surface area contributed by atoms with E-state index in [0.717, 1.165) is 43.6 Å². The molecule has 186 valence electrons. The number of carbonyl (C=O) groups excluding carboxylic acids is 1. The first kappa shape index (κ1) is 24.2. The summed E-state index contributed by atoms with van der Waals surface area (Å²) in [5.41, 5.74) is 5.01. The van der Waals surface area contributed by atoms with Gasteiger partial charge < -0.3 is 5.11 Å². The largest absolute Gasteiger partial charge is 0.465 e. The number of piperidine rings is 1. The average Bonchev–Trinajstić information content (AvgIpc) is 2.84. The van der Waals surface area contributed by atoms with E-state index in [-0.39, 0.29) is 5.78 Å². The molecular weight excluding hydrogens is 450 g/mol. The monoisotopic (exact) mass is 483 g/mol. The molecule has 3 aromatic rings. The molecule has 0 saturated carbocycles. The van der Waals surface area contributed by atoms with E-state index in [1.54, 1.807) is 0 Å². The maximum atomic E-state index is 14.1. The van der Waals surface area contributed by atoms with E-state index >= 15 is 0 Å². The van der Waals surface area contributed by atoms with Gasteiger partial charge >= 0.3 is 6.09 Å². The van der Waals surface area contributed by atoms with Crippen molar-refractivity contribution in [3.8, 4) is 0 Å². The van der Waals surface area contributed by atoms with E-state index in [2.05, 4.69) is 29.2 Å². The fourth-order valence-corrected chi connectivity index (χ4v) is 5.58. The van der Waals surface area contributed by atoms with E-state index in [9.17, 15) is 14.7 Å². The molecule has 1 amide bonds. The lowest BCUT2D eigenvalue weighted by Gasteiger charge is -2.37. The van der Waals surface area contributed by atoms with Crippen LogP contribution in [-0.4, -0.2) is 45.5 Å². The number of fused-ring (bicyclic) bond motifs is 2. The number of aromatic nitrogens is 1. The molecule has 2 heterocycles. The first-order valence-electron chi connectivity index (χ1n) is 12.7. The number of hydrogen-bond donors (Lipinski definition) is 1. The summed E-state index contributed by atoms with van der Waals surface area (Å²) >= 11 is 0. The summed E-state index contributed by atoms with van der Waals surface area (Å²) in [6, 6.07) is 18.0. The topological polar surface area (TPSA) is 73.7 Å². The molecule has 1 aliphatic carbocycles. The Morgan fingerprint density at radius 1 is 0.972 bits per heavy atom. The van der Waals surface area contributed by atoms with Gasteiger partial charge in [0.1, 0.15) is 0 Å². The van der Waals surface area contributed by atoms with Crippen molar-refractivity contribution < 1.29 is 14.7 Å². The van der Waals surface area contributed by atoms with Crippen molar-refractivity contribution in [2.24, 2.45) is 0 Å². The number of rotatable bonds is 3. The second kappa shape index (κ2) is 9.51. The third kappa shape index (κ3) is 4.53. The maximum absolute atomic E-state index is 14.1. The Morgan fingerprint density at radius 3 is 2.31 bits per heavy atom. The Labute approximate surface area is 212 Å². The predicted octanol–water partition coefficient (Wildman–Crippen LogP) is 6.24. The number of benzene rings is 2. The highest BCUT2D eigenvalue weighted by Crippen LogP contribution is 2.41. The van der Waals surface area contributed by atoms with Crippen LogP contribution in [0.3, 0.4) is 0 Å². The first-order valence-corrected chi connectivity index (χ1v) is 12.7. The number of anilines is 1. The molecule has 2 aliphatic rings. The zero-order chi connectivity index (χ0) is 25.4. The Kier molecular flexibility index (Phi) is 6.39. The van der Waals surface area contributed by atoms with Crippen molar-refractivity contribution in [3.63, 3.8) is 0 Å². The van der Waals surface area contributed by atoms with Gasteiger partial charge in [-0.25, -0.2) is 4.79 Å². The number of allylic oxidation sites excluding steroid dienone is 1. The highest BCUT2D eigenvalue weighted by Gasteiger charge is 2.37. The van der Waals surface area contributed by atoms with E-state index in [1.807, 2.05) is 51.1 Å². The van der Waals surface area contributed by atoms with Gasteiger partial charge in [0.15, 0.2) is 5.78 Å². The van der Waals surface area contributed by atoms with Crippen LogP contribution in [0.15, 0.2) is 65.7 Å². The molecule has 6 heteroatoms. The van der Waals surface area contributed by atoms with E-state index in [0.29, 0.717) is 35.2 Å². The summed E-state index contributed by atoms with van der Waals surface area (Å²) in [6.07, 6.45) is 1.96. The minimum Gasteiger partial charge on any atom is -0.465 e. The zero-order valence-corrected chi connectivity index (χ0v) is 21.3. The second-order valence-electron chi connectivity index (χ2n) is 10.8. The Balaban J connectivity index is 1.53. The number of para-hydroxylation sites is 1. The zero-order valence-electron chi connectivity index (χ0n) is 21.3. The molecule has 0 radical (unpaired) electrons. The van der Waals surface area contributed by atoms with Crippen LogP contribution >= 0.6 is 0 Å². The molecule has 6 nitrogen and oxygen atoms in total. The molecule has 36 heavy (non-hydrogen) atoms. The number of pyridine rings is 1. The summed E-state index contributed by atoms with van der Waals surface area (Å²) in [6.45, 7) is 8.33. The number of nitrogens with zero attached hydrogens (tertiary/aromatic N) is 3. The molecule has 0 unspecified atom stereocenters. The highest BCUT2D eigenvalue weighted by atomic mass is 16.4. The summed E-state index contributed by atoms with van der Waals surface area (Å²) in [5.74, 6) is -0.0495. The molecule has 2 aromatic carbocycles. The van der Waals surface area contributed by atoms with Crippen LogP contribution in [0.25, 0.3) is 10.9 Å². The van der Waals surface area contributed by atoms with Crippen LogP contribution in [0.5, 0.6) is 0 Å². The number of likely N-dealkylation sites (tertiary alicyclic amines) is 1. The molecular formula is C30H33N3O3. The van der Waals surface area contributed by atoms with E-state index < -0.39 is 11.6 Å². The number of aryl methyl sites for hydroxylation is 1. The van der Waals surface area contributed by atoms with Crippen molar-refractivity contribution in [2.75, 3.05) is 18.0 Å². The minimum atomic E-state index is -1.07. The summed E-state index contributed by atoms with van der Waals surface area (Å²) in [4.78, 5) is 35.2. The third-order valence-electron chi connectivity index (χ3n) is 7.27. The number of carbonyl (C=O) groups is 2. The van der Waals surface area contributed by atoms with Crippen LogP contribution in [0, 0.1) is 0 Å². The predicted molar refractivity (Wildman–Crippen MR) is 143 cm³/mol. The standard InChI is InChI=1S/C30H33N3O3/c1-30(2,3)33(29(35)36)27-23-11-7-8-12-24(23)31-25-14-13-22(28(34)26(25)27)21-15-17-32(18-16-21)19-20-9-5-4-6-10-20/h4-12H,13-19H2,1-3H3,(H,35,36). The van der Waals surface area contributed by atoms with Gasteiger partial charge in [0.2, 0.25) is 0 Å². The molecule has 0 atom stereocenters. The first-order chi connectivity index (χ1) is 17.2. The molecule has 0 bridgehead atoms. The summed E-state index contributed by atoms with van der Waals surface area (Å²) in [5, 5.41) is 11.0. The van der Waals surface area contributed by atoms with Crippen molar-refractivity contribution >= 4 is 28.5 Å². The van der Waals surface area contributed by atoms with Crippen molar-refractivity contribution in [1.29, 1.82) is 0 Å². The second-order valence-corrected chi connectivity index (χ2v) is 10.8. The Hall–Kier alpha value is -3.51. The number of hydrogen-bond acceptors (Lipinski definition) is 4. The molecule has 1 fully saturated rings. The van der Waals surface area contributed by atoms with Crippen molar-refractivity contribution in [3.05, 3.63) is 82.6 Å². The fraction of sp³-hybridized carbons (Fsp3) is 0.367. The lowest BCUT2D eigenvalue weighted by molar-refractivity contribution is 0.102.